The molecule has 1 atom stereocenters. The van der Waals surface area contributed by atoms with E-state index < -0.39 is 0 Å². The highest BCUT2D eigenvalue weighted by Crippen LogP contribution is 2.14. The number of ether oxygens (including phenoxy) is 1. The van der Waals surface area contributed by atoms with Crippen LogP contribution in [0.3, 0.4) is 0 Å². The van der Waals surface area contributed by atoms with Crippen LogP contribution in [-0.2, 0) is 6.61 Å². The van der Waals surface area contributed by atoms with Gasteiger partial charge in [0, 0.05) is 23.7 Å². The lowest BCUT2D eigenvalue weighted by molar-refractivity contribution is 0.0947. The largest absolute Gasteiger partial charge is 0.489 e. The zero-order valence-corrected chi connectivity index (χ0v) is 14.9. The van der Waals surface area contributed by atoms with Crippen LogP contribution in [0.5, 0.6) is 5.75 Å². The number of benzene rings is 2. The summed E-state index contributed by atoms with van der Waals surface area (Å²) in [6.45, 7) is 5.96. The molecule has 2 N–H and O–H groups in total. The van der Waals surface area contributed by atoms with E-state index in [1.165, 1.54) is 0 Å². The van der Waals surface area contributed by atoms with E-state index in [4.69, 9.17) is 4.74 Å². The van der Waals surface area contributed by atoms with E-state index in [9.17, 15) is 4.79 Å². The molecule has 0 aliphatic heterocycles. The van der Waals surface area contributed by atoms with Crippen LogP contribution in [0.2, 0.25) is 0 Å². The Morgan fingerprint density at radius 3 is 2.46 bits per heavy atom. The third kappa shape index (κ3) is 6.22. The quantitative estimate of drug-likeness (QED) is 0.768. The highest BCUT2D eigenvalue weighted by atomic mass is 35.5. The summed E-state index contributed by atoms with van der Waals surface area (Å²) in [5.74, 6) is 0.727. The summed E-state index contributed by atoms with van der Waals surface area (Å²) in [7, 11) is 0. The third-order valence-electron chi connectivity index (χ3n) is 3.52. The van der Waals surface area contributed by atoms with Crippen molar-refractivity contribution in [3.8, 4) is 5.75 Å². The summed E-state index contributed by atoms with van der Waals surface area (Å²) in [6.07, 6.45) is 0. The van der Waals surface area contributed by atoms with E-state index in [-0.39, 0.29) is 24.4 Å². The van der Waals surface area contributed by atoms with Crippen molar-refractivity contribution in [2.24, 2.45) is 0 Å². The van der Waals surface area contributed by atoms with Crippen LogP contribution in [0.4, 0.5) is 0 Å². The second kappa shape index (κ2) is 10.7. The first-order chi connectivity index (χ1) is 11.2. The molecule has 24 heavy (non-hydrogen) atoms. The Labute approximate surface area is 150 Å². The second-order valence-corrected chi connectivity index (χ2v) is 5.43. The molecule has 0 spiro atoms. The van der Waals surface area contributed by atoms with E-state index in [0.29, 0.717) is 18.7 Å². The van der Waals surface area contributed by atoms with Crippen LogP contribution in [0, 0.1) is 0 Å². The normalized spacial score (nSPS) is 11.2. The predicted molar refractivity (Wildman–Crippen MR) is 99.9 cm³/mol. The van der Waals surface area contributed by atoms with Crippen LogP contribution in [0.15, 0.2) is 54.6 Å². The Kier molecular flexibility index (Phi) is 8.90. The van der Waals surface area contributed by atoms with E-state index in [1.54, 1.807) is 0 Å². The molecule has 0 heterocycles. The maximum Gasteiger partial charge on any atom is 0.251 e. The minimum atomic E-state index is -0.0676. The average molecular weight is 349 g/mol. The third-order valence-corrected chi connectivity index (χ3v) is 3.52. The second-order valence-electron chi connectivity index (χ2n) is 5.43. The highest BCUT2D eigenvalue weighted by molar-refractivity contribution is 5.95. The Morgan fingerprint density at radius 1 is 1.08 bits per heavy atom. The van der Waals surface area contributed by atoms with E-state index >= 15 is 0 Å². The fraction of sp³-hybridized carbons (Fsp3) is 0.316. The summed E-state index contributed by atoms with van der Waals surface area (Å²) in [5, 5.41) is 6.24. The Bertz CT molecular complexity index is 620. The molecule has 2 aromatic carbocycles. The molecule has 0 aliphatic rings. The zero-order chi connectivity index (χ0) is 16.5. The lowest BCUT2D eigenvalue weighted by Gasteiger charge is -2.15. The van der Waals surface area contributed by atoms with Gasteiger partial charge in [-0.25, -0.2) is 0 Å². The fourth-order valence-corrected chi connectivity index (χ4v) is 2.31. The molecule has 0 aromatic heterocycles. The van der Waals surface area contributed by atoms with Gasteiger partial charge in [-0.3, -0.25) is 4.79 Å². The Hall–Kier alpha value is -2.04. The van der Waals surface area contributed by atoms with Crippen LogP contribution in [0.1, 0.15) is 29.8 Å². The number of para-hydroxylation sites is 1. The summed E-state index contributed by atoms with van der Waals surface area (Å²) < 4.78 is 5.75. The molecule has 0 unspecified atom stereocenters. The first kappa shape index (κ1) is 20.0. The molecule has 130 valence electrons. The van der Waals surface area contributed by atoms with Crippen molar-refractivity contribution in [3.63, 3.8) is 0 Å². The molecular formula is C19H25ClN2O2. The van der Waals surface area contributed by atoms with Gasteiger partial charge in [0.15, 0.2) is 0 Å². The average Bonchev–Trinajstić information content (AvgIpc) is 2.59. The molecule has 0 radical (unpaired) electrons. The summed E-state index contributed by atoms with van der Waals surface area (Å²) in [6, 6.07) is 17.4. The first-order valence-corrected chi connectivity index (χ1v) is 7.98. The standard InChI is InChI=1S/C19H24N2O2.ClH/c1-3-20-15(2)13-21-19(22)18-12-8-7-9-16(18)14-23-17-10-5-4-6-11-17;/h4-12,15,20H,3,13-14H2,1-2H3,(H,21,22);1H/t15-;/m1./s1. The fourth-order valence-electron chi connectivity index (χ4n) is 2.31. The first-order valence-electron chi connectivity index (χ1n) is 7.98. The molecule has 0 bridgehead atoms. The van der Waals surface area contributed by atoms with Crippen molar-refractivity contribution in [1.82, 2.24) is 10.6 Å². The van der Waals surface area contributed by atoms with Gasteiger partial charge in [-0.05, 0) is 31.7 Å². The van der Waals surface area contributed by atoms with Gasteiger partial charge in [0.05, 0.1) is 0 Å². The zero-order valence-electron chi connectivity index (χ0n) is 14.1. The molecule has 2 rings (SSSR count). The SMILES string of the molecule is CCN[C@H](C)CNC(=O)c1ccccc1COc1ccccc1.Cl. The van der Waals surface area contributed by atoms with E-state index in [0.717, 1.165) is 17.9 Å². The summed E-state index contributed by atoms with van der Waals surface area (Å²) in [5.41, 5.74) is 1.54. The van der Waals surface area contributed by atoms with Crippen LogP contribution in [-0.4, -0.2) is 25.0 Å². The maximum atomic E-state index is 12.4. The Morgan fingerprint density at radius 2 is 1.75 bits per heavy atom. The minimum Gasteiger partial charge on any atom is -0.489 e. The summed E-state index contributed by atoms with van der Waals surface area (Å²) in [4.78, 5) is 12.4. The molecule has 0 fully saturated rings. The number of amides is 1. The van der Waals surface area contributed by atoms with Crippen molar-refractivity contribution in [2.75, 3.05) is 13.1 Å². The highest BCUT2D eigenvalue weighted by Gasteiger charge is 2.12. The van der Waals surface area contributed by atoms with Gasteiger partial charge in [-0.15, -0.1) is 12.4 Å². The van der Waals surface area contributed by atoms with Crippen LogP contribution < -0.4 is 15.4 Å². The minimum absolute atomic E-state index is 0. The van der Waals surface area contributed by atoms with E-state index in [2.05, 4.69) is 17.6 Å². The van der Waals surface area contributed by atoms with Crippen LogP contribution >= 0.6 is 12.4 Å². The summed E-state index contributed by atoms with van der Waals surface area (Å²) >= 11 is 0. The van der Waals surface area contributed by atoms with Crippen molar-refractivity contribution in [3.05, 3.63) is 65.7 Å². The number of likely N-dealkylation sites (N-methyl/N-ethyl adjacent to an activating group) is 1. The number of halogens is 1. The molecule has 1 amide bonds. The number of hydrogen-bond donors (Lipinski definition) is 2. The maximum absolute atomic E-state index is 12.4. The van der Waals surface area contributed by atoms with Gasteiger partial charge in [0.25, 0.3) is 5.91 Å². The molecular weight excluding hydrogens is 324 g/mol. The number of carbonyl (C=O) groups excluding carboxylic acids is 1. The van der Waals surface area contributed by atoms with Crippen molar-refractivity contribution >= 4 is 18.3 Å². The molecule has 0 saturated carbocycles. The lowest BCUT2D eigenvalue weighted by Crippen LogP contribution is -2.39. The van der Waals surface area contributed by atoms with Crippen molar-refractivity contribution in [1.29, 1.82) is 0 Å². The number of hydrogen-bond acceptors (Lipinski definition) is 3. The molecule has 0 aliphatic carbocycles. The van der Waals surface area contributed by atoms with Gasteiger partial charge in [0.2, 0.25) is 0 Å². The van der Waals surface area contributed by atoms with Gasteiger partial charge >= 0.3 is 0 Å². The van der Waals surface area contributed by atoms with Crippen molar-refractivity contribution in [2.45, 2.75) is 26.5 Å². The molecule has 4 nitrogen and oxygen atoms in total. The number of nitrogens with one attached hydrogen (secondary N) is 2. The van der Waals surface area contributed by atoms with Gasteiger partial charge in [0.1, 0.15) is 12.4 Å². The van der Waals surface area contributed by atoms with Gasteiger partial charge in [-0.2, -0.15) is 0 Å². The molecule has 5 heteroatoms. The Balaban J connectivity index is 0.00000288. The monoisotopic (exact) mass is 348 g/mol. The van der Waals surface area contributed by atoms with E-state index in [1.807, 2.05) is 61.5 Å². The number of carbonyl (C=O) groups is 1. The predicted octanol–water partition coefficient (Wildman–Crippen LogP) is 3.42. The number of rotatable bonds is 8. The van der Waals surface area contributed by atoms with Gasteiger partial charge < -0.3 is 15.4 Å². The molecule has 2 aromatic rings. The smallest absolute Gasteiger partial charge is 0.251 e. The lowest BCUT2D eigenvalue weighted by atomic mass is 10.1. The molecule has 0 saturated heterocycles. The van der Waals surface area contributed by atoms with Crippen LogP contribution in [0.25, 0.3) is 0 Å². The van der Waals surface area contributed by atoms with Crippen molar-refractivity contribution < 1.29 is 9.53 Å². The van der Waals surface area contributed by atoms with Gasteiger partial charge in [-0.1, -0.05) is 43.3 Å². The topological polar surface area (TPSA) is 50.4 Å².